The zero-order valence-electron chi connectivity index (χ0n) is 11.0. The summed E-state index contributed by atoms with van der Waals surface area (Å²) in [6.07, 6.45) is 1.40. The third-order valence-corrected chi connectivity index (χ3v) is 3.81. The molecule has 1 atom stereocenters. The molecule has 0 radical (unpaired) electrons. The zero-order chi connectivity index (χ0) is 14.0. The van der Waals surface area contributed by atoms with Crippen LogP contribution in [0.25, 0.3) is 0 Å². The third-order valence-electron chi connectivity index (χ3n) is 3.10. The monoisotopic (exact) mass is 297 g/mol. The summed E-state index contributed by atoms with van der Waals surface area (Å²) in [7, 11) is 1.93. The first-order chi connectivity index (χ1) is 8.97. The lowest BCUT2D eigenvalue weighted by atomic mass is 10.0. The fourth-order valence-corrected chi connectivity index (χ4v) is 2.74. The Kier molecular flexibility index (Phi) is 4.50. The fourth-order valence-electron chi connectivity index (χ4n) is 2.19. The van der Waals surface area contributed by atoms with E-state index in [9.17, 15) is 0 Å². The van der Waals surface area contributed by atoms with E-state index in [4.69, 9.17) is 28.9 Å². The van der Waals surface area contributed by atoms with Crippen LogP contribution < -0.4 is 5.73 Å². The van der Waals surface area contributed by atoms with Crippen LogP contribution in [0.1, 0.15) is 17.0 Å². The Balaban J connectivity index is 2.09. The zero-order valence-corrected chi connectivity index (χ0v) is 12.5. The van der Waals surface area contributed by atoms with Crippen molar-refractivity contribution in [3.05, 3.63) is 51.3 Å². The molecule has 2 aromatic rings. The summed E-state index contributed by atoms with van der Waals surface area (Å²) in [6.45, 7) is 1.97. The van der Waals surface area contributed by atoms with Crippen LogP contribution in [0.15, 0.2) is 24.3 Å². The average Bonchev–Trinajstić information content (AvgIpc) is 2.63. The molecule has 0 saturated carbocycles. The molecule has 0 spiro atoms. The maximum Gasteiger partial charge on any atom is 0.0596 e. The Hall–Kier alpha value is -1.03. The summed E-state index contributed by atoms with van der Waals surface area (Å²) in [5.41, 5.74) is 9.23. The van der Waals surface area contributed by atoms with Crippen molar-refractivity contribution in [3.63, 3.8) is 0 Å². The topological polar surface area (TPSA) is 43.8 Å². The van der Waals surface area contributed by atoms with Crippen LogP contribution in [0.5, 0.6) is 0 Å². The second-order valence-electron chi connectivity index (χ2n) is 4.77. The molecule has 3 nitrogen and oxygen atoms in total. The van der Waals surface area contributed by atoms with Gasteiger partial charge in [-0.1, -0.05) is 29.3 Å². The molecule has 0 saturated heterocycles. The van der Waals surface area contributed by atoms with E-state index in [1.54, 1.807) is 0 Å². The SMILES string of the molecule is Cc1cc(CC(N)Cc2c(Cl)cccc2Cl)n(C)n1. The Morgan fingerprint density at radius 3 is 2.42 bits per heavy atom. The van der Waals surface area contributed by atoms with Crippen molar-refractivity contribution in [3.8, 4) is 0 Å². The summed E-state index contributed by atoms with van der Waals surface area (Å²) >= 11 is 12.3. The molecule has 1 aromatic carbocycles. The number of benzene rings is 1. The molecule has 0 amide bonds. The van der Waals surface area contributed by atoms with Crippen LogP contribution in [0.4, 0.5) is 0 Å². The van der Waals surface area contributed by atoms with Crippen LogP contribution in [-0.4, -0.2) is 15.8 Å². The Morgan fingerprint density at radius 1 is 1.26 bits per heavy atom. The molecule has 1 heterocycles. The molecule has 0 bridgehead atoms. The molecule has 0 aliphatic rings. The number of aromatic nitrogens is 2. The van der Waals surface area contributed by atoms with Gasteiger partial charge in [0, 0.05) is 35.2 Å². The molecule has 2 N–H and O–H groups in total. The molecule has 5 heteroatoms. The van der Waals surface area contributed by atoms with Gasteiger partial charge in [-0.05, 0) is 37.1 Å². The second kappa shape index (κ2) is 5.95. The van der Waals surface area contributed by atoms with Gasteiger partial charge in [-0.15, -0.1) is 0 Å². The van der Waals surface area contributed by atoms with Crippen LogP contribution in [0, 0.1) is 6.92 Å². The summed E-state index contributed by atoms with van der Waals surface area (Å²) in [4.78, 5) is 0. The summed E-state index contributed by atoms with van der Waals surface area (Å²) in [5.74, 6) is 0. The van der Waals surface area contributed by atoms with Gasteiger partial charge in [0.25, 0.3) is 0 Å². The van der Waals surface area contributed by atoms with Crippen molar-refractivity contribution in [2.75, 3.05) is 0 Å². The molecule has 102 valence electrons. The number of hydrogen-bond donors (Lipinski definition) is 1. The molecule has 1 unspecified atom stereocenters. The van der Waals surface area contributed by atoms with Crippen molar-refractivity contribution in [1.29, 1.82) is 0 Å². The van der Waals surface area contributed by atoms with E-state index in [2.05, 4.69) is 5.10 Å². The number of nitrogens with two attached hydrogens (primary N) is 1. The van der Waals surface area contributed by atoms with Gasteiger partial charge in [0.05, 0.1) is 5.69 Å². The lowest BCUT2D eigenvalue weighted by molar-refractivity contribution is 0.612. The van der Waals surface area contributed by atoms with Gasteiger partial charge >= 0.3 is 0 Å². The van der Waals surface area contributed by atoms with Gasteiger partial charge in [0.15, 0.2) is 0 Å². The Morgan fingerprint density at radius 2 is 1.89 bits per heavy atom. The second-order valence-corrected chi connectivity index (χ2v) is 5.58. The summed E-state index contributed by atoms with van der Waals surface area (Å²) in [6, 6.07) is 7.53. The molecular weight excluding hydrogens is 281 g/mol. The molecule has 0 aliphatic carbocycles. The number of halogens is 2. The predicted molar refractivity (Wildman–Crippen MR) is 79.8 cm³/mol. The maximum absolute atomic E-state index is 6.20. The van der Waals surface area contributed by atoms with Crippen molar-refractivity contribution in [1.82, 2.24) is 9.78 Å². The van der Waals surface area contributed by atoms with E-state index in [1.165, 1.54) is 0 Å². The normalized spacial score (nSPS) is 12.7. The van der Waals surface area contributed by atoms with Gasteiger partial charge in [-0.25, -0.2) is 0 Å². The number of aryl methyl sites for hydroxylation is 2. The molecule has 19 heavy (non-hydrogen) atoms. The highest BCUT2D eigenvalue weighted by molar-refractivity contribution is 6.35. The lowest BCUT2D eigenvalue weighted by Gasteiger charge is -2.14. The van der Waals surface area contributed by atoms with E-state index in [0.29, 0.717) is 16.5 Å². The van der Waals surface area contributed by atoms with Gasteiger partial charge < -0.3 is 5.73 Å². The van der Waals surface area contributed by atoms with Crippen molar-refractivity contribution in [2.45, 2.75) is 25.8 Å². The highest BCUT2D eigenvalue weighted by atomic mass is 35.5. The maximum atomic E-state index is 6.20. The number of hydrogen-bond acceptors (Lipinski definition) is 2. The highest BCUT2D eigenvalue weighted by Gasteiger charge is 2.13. The van der Waals surface area contributed by atoms with Crippen LogP contribution in [0.2, 0.25) is 10.0 Å². The van der Waals surface area contributed by atoms with Gasteiger partial charge in [-0.2, -0.15) is 5.10 Å². The van der Waals surface area contributed by atoms with Crippen LogP contribution >= 0.6 is 23.2 Å². The smallest absolute Gasteiger partial charge is 0.0596 e. The minimum absolute atomic E-state index is 0.0350. The quantitative estimate of drug-likeness (QED) is 0.942. The summed E-state index contributed by atoms with van der Waals surface area (Å²) in [5, 5.41) is 5.66. The Labute approximate surface area is 123 Å². The fraction of sp³-hybridized carbons (Fsp3) is 0.357. The predicted octanol–water partition coefficient (Wildman–Crippen LogP) is 3.15. The summed E-state index contributed by atoms with van der Waals surface area (Å²) < 4.78 is 1.86. The van der Waals surface area contributed by atoms with E-state index >= 15 is 0 Å². The number of rotatable bonds is 4. The van der Waals surface area contributed by atoms with Crippen molar-refractivity contribution in [2.24, 2.45) is 12.8 Å². The standard InChI is InChI=1S/C14H17Cl2N3/c1-9-6-11(19(2)18-9)7-10(17)8-12-13(15)4-3-5-14(12)16/h3-6,10H,7-8,17H2,1-2H3. The van der Waals surface area contributed by atoms with E-state index in [1.807, 2.05) is 42.9 Å². The molecular formula is C14H17Cl2N3. The molecule has 0 aliphatic heterocycles. The lowest BCUT2D eigenvalue weighted by Crippen LogP contribution is -2.26. The first-order valence-electron chi connectivity index (χ1n) is 6.15. The van der Waals surface area contributed by atoms with E-state index in [-0.39, 0.29) is 6.04 Å². The van der Waals surface area contributed by atoms with Gasteiger partial charge in [-0.3, -0.25) is 4.68 Å². The van der Waals surface area contributed by atoms with Crippen LogP contribution in [0.3, 0.4) is 0 Å². The van der Waals surface area contributed by atoms with Crippen molar-refractivity contribution < 1.29 is 0 Å². The number of nitrogens with zero attached hydrogens (tertiary/aromatic N) is 2. The first-order valence-corrected chi connectivity index (χ1v) is 6.91. The van der Waals surface area contributed by atoms with E-state index in [0.717, 1.165) is 23.4 Å². The third kappa shape index (κ3) is 3.50. The minimum Gasteiger partial charge on any atom is -0.327 e. The van der Waals surface area contributed by atoms with Crippen molar-refractivity contribution >= 4 is 23.2 Å². The van der Waals surface area contributed by atoms with Crippen LogP contribution in [-0.2, 0) is 19.9 Å². The Bertz CT molecular complexity index is 558. The van der Waals surface area contributed by atoms with Gasteiger partial charge in [0.2, 0.25) is 0 Å². The molecule has 2 rings (SSSR count). The molecule has 0 fully saturated rings. The highest BCUT2D eigenvalue weighted by Crippen LogP contribution is 2.25. The minimum atomic E-state index is -0.0350. The largest absolute Gasteiger partial charge is 0.327 e. The van der Waals surface area contributed by atoms with Gasteiger partial charge in [0.1, 0.15) is 0 Å². The van der Waals surface area contributed by atoms with E-state index < -0.39 is 0 Å². The molecule has 1 aromatic heterocycles. The average molecular weight is 298 g/mol. The first kappa shape index (κ1) is 14.4.